The molecule has 7 nitrogen and oxygen atoms in total. The molecule has 1 fully saturated rings. The van der Waals surface area contributed by atoms with Gasteiger partial charge < -0.3 is 5.32 Å². The van der Waals surface area contributed by atoms with Gasteiger partial charge in [-0.2, -0.15) is 5.10 Å². The van der Waals surface area contributed by atoms with E-state index in [2.05, 4.69) is 26.3 Å². The van der Waals surface area contributed by atoms with E-state index in [9.17, 15) is 13.2 Å². The van der Waals surface area contributed by atoms with Crippen LogP contribution in [0.1, 0.15) is 28.9 Å². The second kappa shape index (κ2) is 7.50. The van der Waals surface area contributed by atoms with Crippen molar-refractivity contribution in [3.8, 4) is 5.69 Å². The topological polar surface area (TPSA) is 84.3 Å². The first-order valence-electron chi connectivity index (χ1n) is 8.32. The van der Waals surface area contributed by atoms with Crippen LogP contribution in [0.15, 0.2) is 34.9 Å². The molecule has 1 aliphatic heterocycles. The highest BCUT2D eigenvalue weighted by atomic mass is 79.9. The lowest BCUT2D eigenvalue weighted by atomic mass is 10.1. The van der Waals surface area contributed by atoms with Gasteiger partial charge in [0.2, 0.25) is 10.0 Å². The van der Waals surface area contributed by atoms with Crippen molar-refractivity contribution in [2.45, 2.75) is 25.8 Å². The molecule has 9 heteroatoms. The third-order valence-corrected chi connectivity index (χ3v) is 6.42. The van der Waals surface area contributed by atoms with Crippen LogP contribution in [-0.2, 0) is 10.0 Å². The first-order valence-corrected chi connectivity index (χ1v) is 11.0. The maximum atomic E-state index is 12.6. The first-order chi connectivity index (χ1) is 12.3. The quantitative estimate of drug-likeness (QED) is 0.788. The number of hydrogen-bond donors (Lipinski definition) is 1. The van der Waals surface area contributed by atoms with E-state index >= 15 is 0 Å². The van der Waals surface area contributed by atoms with Crippen LogP contribution in [0.4, 0.5) is 0 Å². The number of benzene rings is 1. The molecule has 1 aromatic carbocycles. The number of sulfonamides is 1. The summed E-state index contributed by atoms with van der Waals surface area (Å²) in [6.07, 6.45) is 4.00. The van der Waals surface area contributed by atoms with Gasteiger partial charge in [0.1, 0.15) is 0 Å². The van der Waals surface area contributed by atoms with Crippen molar-refractivity contribution in [1.29, 1.82) is 0 Å². The molecule has 0 bridgehead atoms. The minimum absolute atomic E-state index is 0.0315. The number of halogens is 1. The smallest absolute Gasteiger partial charge is 0.254 e. The Kier molecular flexibility index (Phi) is 5.50. The molecule has 140 valence electrons. The molecular formula is C17H21BrN4O3S. The molecule has 26 heavy (non-hydrogen) atoms. The third kappa shape index (κ3) is 4.16. The SMILES string of the molecule is Cc1c(C(=O)NC2CCN(S(C)(=O)=O)CC2)cnn1-c1ccc(Br)cc1. The predicted octanol–water partition coefficient (Wildman–Crippen LogP) is 2.10. The van der Waals surface area contributed by atoms with E-state index in [1.54, 1.807) is 10.9 Å². The summed E-state index contributed by atoms with van der Waals surface area (Å²) in [6.45, 7) is 2.72. The largest absolute Gasteiger partial charge is 0.349 e. The number of nitrogens with zero attached hydrogens (tertiary/aromatic N) is 3. The lowest BCUT2D eigenvalue weighted by molar-refractivity contribution is 0.0923. The van der Waals surface area contributed by atoms with Gasteiger partial charge >= 0.3 is 0 Å². The lowest BCUT2D eigenvalue weighted by Gasteiger charge is -2.30. The van der Waals surface area contributed by atoms with Crippen LogP contribution in [0.25, 0.3) is 5.69 Å². The van der Waals surface area contributed by atoms with Crippen LogP contribution in [-0.4, -0.2) is 53.8 Å². The zero-order valence-electron chi connectivity index (χ0n) is 14.6. The highest BCUT2D eigenvalue weighted by molar-refractivity contribution is 9.10. The van der Waals surface area contributed by atoms with Crippen LogP contribution in [0.3, 0.4) is 0 Å². The minimum Gasteiger partial charge on any atom is -0.349 e. The van der Waals surface area contributed by atoms with E-state index in [0.717, 1.165) is 15.9 Å². The zero-order valence-corrected chi connectivity index (χ0v) is 17.0. The fourth-order valence-electron chi connectivity index (χ4n) is 3.07. The van der Waals surface area contributed by atoms with Gasteiger partial charge in [0, 0.05) is 23.6 Å². The number of carbonyl (C=O) groups is 1. The van der Waals surface area contributed by atoms with Crippen molar-refractivity contribution in [2.75, 3.05) is 19.3 Å². The summed E-state index contributed by atoms with van der Waals surface area (Å²) >= 11 is 3.40. The summed E-state index contributed by atoms with van der Waals surface area (Å²) in [4.78, 5) is 12.6. The maximum Gasteiger partial charge on any atom is 0.254 e. The maximum absolute atomic E-state index is 12.6. The minimum atomic E-state index is -3.16. The van der Waals surface area contributed by atoms with Crippen molar-refractivity contribution in [2.24, 2.45) is 0 Å². The van der Waals surface area contributed by atoms with Gasteiger partial charge in [0.25, 0.3) is 5.91 Å². The van der Waals surface area contributed by atoms with Gasteiger partial charge in [-0.1, -0.05) is 15.9 Å². The number of rotatable bonds is 4. The molecule has 0 unspecified atom stereocenters. The standard InChI is InChI=1S/C17H21BrN4O3S/c1-12-16(11-19-22(12)15-5-3-13(18)4-6-15)17(23)20-14-7-9-21(10-8-14)26(2,24)25/h3-6,11,14H,7-10H2,1-2H3,(H,20,23). The predicted molar refractivity (Wildman–Crippen MR) is 103 cm³/mol. The molecule has 2 heterocycles. The molecule has 0 aliphatic carbocycles. The molecule has 1 saturated heterocycles. The Balaban J connectivity index is 1.67. The Hall–Kier alpha value is -1.71. The lowest BCUT2D eigenvalue weighted by Crippen LogP contribution is -2.46. The number of hydrogen-bond acceptors (Lipinski definition) is 4. The van der Waals surface area contributed by atoms with Gasteiger partial charge in [0.05, 0.1) is 29.4 Å². The number of piperidine rings is 1. The van der Waals surface area contributed by atoms with E-state index in [1.165, 1.54) is 10.6 Å². The molecule has 0 spiro atoms. The molecule has 1 amide bonds. The summed E-state index contributed by atoms with van der Waals surface area (Å²) in [6, 6.07) is 7.66. The Bertz CT molecular complexity index is 901. The van der Waals surface area contributed by atoms with Gasteiger partial charge in [-0.05, 0) is 44.0 Å². The van der Waals surface area contributed by atoms with Crippen molar-refractivity contribution in [3.05, 3.63) is 46.2 Å². The number of amides is 1. The Morgan fingerprint density at radius 2 is 1.85 bits per heavy atom. The molecule has 0 radical (unpaired) electrons. The van der Waals surface area contributed by atoms with Crippen LogP contribution in [0.5, 0.6) is 0 Å². The van der Waals surface area contributed by atoms with Crippen LogP contribution < -0.4 is 5.32 Å². The fourth-order valence-corrected chi connectivity index (χ4v) is 4.21. The molecule has 3 rings (SSSR count). The second-order valence-corrected chi connectivity index (χ2v) is 9.34. The monoisotopic (exact) mass is 440 g/mol. The first kappa shape index (κ1) is 19.1. The normalized spacial score (nSPS) is 16.6. The molecule has 0 saturated carbocycles. The summed E-state index contributed by atoms with van der Waals surface area (Å²) in [5.74, 6) is -0.177. The zero-order chi connectivity index (χ0) is 18.9. The van der Waals surface area contributed by atoms with Crippen molar-refractivity contribution in [3.63, 3.8) is 0 Å². The van der Waals surface area contributed by atoms with Gasteiger partial charge in [0.15, 0.2) is 0 Å². The average molecular weight is 441 g/mol. The van der Waals surface area contributed by atoms with Crippen LogP contribution in [0, 0.1) is 6.92 Å². The summed E-state index contributed by atoms with van der Waals surface area (Å²) in [7, 11) is -3.16. The Morgan fingerprint density at radius 1 is 1.23 bits per heavy atom. The number of nitrogens with one attached hydrogen (secondary N) is 1. The van der Waals surface area contributed by atoms with E-state index in [4.69, 9.17) is 0 Å². The molecule has 0 atom stereocenters. The molecule has 2 aromatic rings. The van der Waals surface area contributed by atoms with Crippen LogP contribution >= 0.6 is 15.9 Å². The Morgan fingerprint density at radius 3 is 2.42 bits per heavy atom. The highest BCUT2D eigenvalue weighted by Crippen LogP contribution is 2.18. The van der Waals surface area contributed by atoms with Crippen molar-refractivity contribution >= 4 is 31.9 Å². The van der Waals surface area contributed by atoms with E-state index < -0.39 is 10.0 Å². The number of carbonyl (C=O) groups excluding carboxylic acids is 1. The van der Waals surface area contributed by atoms with E-state index in [-0.39, 0.29) is 11.9 Å². The van der Waals surface area contributed by atoms with Crippen molar-refractivity contribution in [1.82, 2.24) is 19.4 Å². The Labute approximate surface area is 161 Å². The van der Waals surface area contributed by atoms with Gasteiger partial charge in [-0.15, -0.1) is 0 Å². The van der Waals surface area contributed by atoms with Gasteiger partial charge in [-0.25, -0.2) is 17.4 Å². The van der Waals surface area contributed by atoms with Gasteiger partial charge in [-0.3, -0.25) is 4.79 Å². The second-order valence-electron chi connectivity index (χ2n) is 6.44. The third-order valence-electron chi connectivity index (χ3n) is 4.58. The van der Waals surface area contributed by atoms with Crippen molar-refractivity contribution < 1.29 is 13.2 Å². The molecule has 1 N–H and O–H groups in total. The number of aromatic nitrogens is 2. The van der Waals surface area contributed by atoms with E-state index in [1.807, 2.05) is 31.2 Å². The highest BCUT2D eigenvalue weighted by Gasteiger charge is 2.26. The van der Waals surface area contributed by atoms with Crippen LogP contribution in [0.2, 0.25) is 0 Å². The fraction of sp³-hybridized carbons (Fsp3) is 0.412. The molecule has 1 aromatic heterocycles. The molecule has 1 aliphatic rings. The average Bonchev–Trinajstić information content (AvgIpc) is 2.97. The summed E-state index contributed by atoms with van der Waals surface area (Å²) < 4.78 is 27.3. The summed E-state index contributed by atoms with van der Waals surface area (Å²) in [5.41, 5.74) is 2.17. The molecular weight excluding hydrogens is 420 g/mol. The summed E-state index contributed by atoms with van der Waals surface area (Å²) in [5, 5.41) is 7.33. The van der Waals surface area contributed by atoms with E-state index in [0.29, 0.717) is 31.5 Å².